The first kappa shape index (κ1) is 24.0. The van der Waals surface area contributed by atoms with Crippen LogP contribution in [0.3, 0.4) is 0 Å². The number of aliphatic hydroxyl groups is 1. The molecule has 0 bridgehead atoms. The van der Waals surface area contributed by atoms with Crippen LogP contribution in [0.2, 0.25) is 0 Å². The molecule has 0 aromatic heterocycles. The van der Waals surface area contributed by atoms with Gasteiger partial charge in [-0.3, -0.25) is 4.90 Å². The molecule has 1 atom stereocenters. The number of benzene rings is 1. The van der Waals surface area contributed by atoms with Crippen molar-refractivity contribution < 1.29 is 14.2 Å². The highest BCUT2D eigenvalue weighted by atomic mass is 35.5. The molecule has 142 valence electrons. The number of hydrogen-bond acceptors (Lipinski definition) is 4. The average Bonchev–Trinajstić information content (AvgIpc) is 2.54. The minimum absolute atomic E-state index is 0. The first-order chi connectivity index (χ1) is 10.9. The molecule has 1 aromatic rings. The number of hydrogen-bond donors (Lipinski definition) is 1. The maximum Gasteiger partial charge on any atom is 0.146 e. The largest absolute Gasteiger partial charge is 0.389 e. The summed E-state index contributed by atoms with van der Waals surface area (Å²) in [6.07, 6.45) is 4.78. The van der Waals surface area contributed by atoms with Gasteiger partial charge in [-0.15, -0.1) is 31.2 Å². The quantitative estimate of drug-likeness (QED) is 0.754. The predicted octanol–water partition coefficient (Wildman–Crippen LogP) is 2.58. The monoisotopic (exact) mass is 392 g/mol. The summed E-state index contributed by atoms with van der Waals surface area (Å²) >= 11 is 0. The summed E-state index contributed by atoms with van der Waals surface area (Å²) in [5, 5.41) is 10.1. The van der Waals surface area contributed by atoms with Crippen LogP contribution >= 0.6 is 24.8 Å². The van der Waals surface area contributed by atoms with Crippen molar-refractivity contribution in [2.75, 3.05) is 44.2 Å². The van der Waals surface area contributed by atoms with E-state index in [1.807, 2.05) is 11.0 Å². The van der Waals surface area contributed by atoms with Gasteiger partial charge in [0.05, 0.1) is 18.4 Å². The van der Waals surface area contributed by atoms with E-state index < -0.39 is 11.7 Å². The molecule has 2 rings (SSSR count). The third kappa shape index (κ3) is 7.39. The molecule has 1 unspecified atom stereocenters. The predicted molar refractivity (Wildman–Crippen MR) is 104 cm³/mol. The van der Waals surface area contributed by atoms with E-state index in [-0.39, 0.29) is 37.2 Å². The molecule has 1 aliphatic heterocycles. The van der Waals surface area contributed by atoms with Crippen LogP contribution in [-0.4, -0.2) is 61.0 Å². The summed E-state index contributed by atoms with van der Waals surface area (Å²) in [6, 6.07) is 6.83. The van der Waals surface area contributed by atoms with E-state index in [2.05, 4.69) is 10.8 Å². The van der Waals surface area contributed by atoms with Crippen LogP contribution in [0, 0.1) is 18.2 Å². The third-order valence-corrected chi connectivity index (χ3v) is 4.02. The van der Waals surface area contributed by atoms with Crippen LogP contribution in [0.1, 0.15) is 13.8 Å². The fraction of sp³-hybridized carbons (Fsp3) is 0.556. The second kappa shape index (κ2) is 10.8. The SMILES string of the molecule is C#CC(C)(C)OCC(O)CN1CCN(c2ccccc2F)CC1.Cl.Cl. The van der Waals surface area contributed by atoms with Gasteiger partial charge in [0.2, 0.25) is 0 Å². The van der Waals surface area contributed by atoms with Crippen LogP contribution in [0.5, 0.6) is 0 Å². The van der Waals surface area contributed by atoms with Crippen molar-refractivity contribution >= 4 is 30.5 Å². The van der Waals surface area contributed by atoms with Crippen molar-refractivity contribution in [1.82, 2.24) is 4.90 Å². The number of halogens is 3. The van der Waals surface area contributed by atoms with Gasteiger partial charge in [0, 0.05) is 32.7 Å². The number of aliphatic hydroxyl groups excluding tert-OH is 1. The highest BCUT2D eigenvalue weighted by molar-refractivity contribution is 5.85. The molecule has 25 heavy (non-hydrogen) atoms. The molecular weight excluding hydrogens is 366 g/mol. The molecule has 0 amide bonds. The Hall–Kier alpha value is -1.03. The van der Waals surface area contributed by atoms with Gasteiger partial charge in [0.15, 0.2) is 0 Å². The van der Waals surface area contributed by atoms with Gasteiger partial charge in [0.25, 0.3) is 0 Å². The summed E-state index contributed by atoms with van der Waals surface area (Å²) in [5.74, 6) is 2.35. The maximum absolute atomic E-state index is 13.8. The Morgan fingerprint density at radius 2 is 1.84 bits per heavy atom. The lowest BCUT2D eigenvalue weighted by Gasteiger charge is -2.37. The van der Waals surface area contributed by atoms with Gasteiger partial charge in [-0.1, -0.05) is 18.1 Å². The maximum atomic E-state index is 13.8. The van der Waals surface area contributed by atoms with Gasteiger partial charge in [-0.2, -0.15) is 0 Å². The molecular formula is C18H27Cl2FN2O2. The fourth-order valence-corrected chi connectivity index (χ4v) is 2.58. The Morgan fingerprint density at radius 3 is 2.40 bits per heavy atom. The number of para-hydroxylation sites is 1. The number of ether oxygens (including phenoxy) is 1. The van der Waals surface area contributed by atoms with Gasteiger partial charge in [-0.05, 0) is 26.0 Å². The Labute approximate surface area is 162 Å². The third-order valence-electron chi connectivity index (χ3n) is 4.02. The number of nitrogens with zero attached hydrogens (tertiary/aromatic N) is 2. The number of piperazine rings is 1. The van der Waals surface area contributed by atoms with Crippen LogP contribution in [0.25, 0.3) is 0 Å². The smallest absolute Gasteiger partial charge is 0.146 e. The fourth-order valence-electron chi connectivity index (χ4n) is 2.58. The summed E-state index contributed by atoms with van der Waals surface area (Å²) < 4.78 is 19.3. The Morgan fingerprint density at radius 1 is 1.24 bits per heavy atom. The lowest BCUT2D eigenvalue weighted by Crippen LogP contribution is -2.49. The van der Waals surface area contributed by atoms with E-state index in [0.717, 1.165) is 26.2 Å². The minimum Gasteiger partial charge on any atom is -0.389 e. The molecule has 1 heterocycles. The normalized spacial score (nSPS) is 16.4. The van der Waals surface area contributed by atoms with Crippen LogP contribution in [0.4, 0.5) is 10.1 Å². The van der Waals surface area contributed by atoms with Crippen LogP contribution < -0.4 is 4.90 Å². The number of β-amino-alcohol motifs (C(OH)–C–C–N with tert-alkyl or cyclic N) is 1. The van der Waals surface area contributed by atoms with Crippen molar-refractivity contribution in [3.63, 3.8) is 0 Å². The molecule has 0 saturated carbocycles. The Balaban J connectivity index is 0.00000288. The molecule has 7 heteroatoms. The number of terminal acetylenes is 1. The first-order valence-electron chi connectivity index (χ1n) is 7.93. The van der Waals surface area contributed by atoms with Crippen molar-refractivity contribution in [1.29, 1.82) is 0 Å². The molecule has 0 spiro atoms. The lowest BCUT2D eigenvalue weighted by atomic mass is 10.1. The molecule has 1 aliphatic rings. The van der Waals surface area contributed by atoms with Gasteiger partial charge in [-0.25, -0.2) is 4.39 Å². The summed E-state index contributed by atoms with van der Waals surface area (Å²) in [6.45, 7) is 7.39. The zero-order chi connectivity index (χ0) is 16.9. The van der Waals surface area contributed by atoms with Crippen molar-refractivity contribution in [2.45, 2.75) is 25.6 Å². The van der Waals surface area contributed by atoms with Crippen LogP contribution in [0.15, 0.2) is 24.3 Å². The summed E-state index contributed by atoms with van der Waals surface area (Å²) in [4.78, 5) is 4.20. The highest BCUT2D eigenvalue weighted by Gasteiger charge is 2.22. The zero-order valence-corrected chi connectivity index (χ0v) is 16.3. The van der Waals surface area contributed by atoms with E-state index >= 15 is 0 Å². The summed E-state index contributed by atoms with van der Waals surface area (Å²) in [7, 11) is 0. The zero-order valence-electron chi connectivity index (χ0n) is 14.7. The molecule has 0 aliphatic carbocycles. The van der Waals surface area contributed by atoms with Crippen molar-refractivity contribution in [2.24, 2.45) is 0 Å². The van der Waals surface area contributed by atoms with Gasteiger partial charge < -0.3 is 14.7 Å². The van der Waals surface area contributed by atoms with E-state index in [4.69, 9.17) is 11.2 Å². The van der Waals surface area contributed by atoms with Crippen molar-refractivity contribution in [3.05, 3.63) is 30.1 Å². The van der Waals surface area contributed by atoms with Gasteiger partial charge >= 0.3 is 0 Å². The average molecular weight is 393 g/mol. The Bertz CT molecular complexity index is 558. The first-order valence-corrected chi connectivity index (χ1v) is 7.93. The summed E-state index contributed by atoms with van der Waals surface area (Å²) in [5.41, 5.74) is -0.0170. The minimum atomic E-state index is -0.662. The van der Waals surface area contributed by atoms with E-state index in [0.29, 0.717) is 12.2 Å². The van der Waals surface area contributed by atoms with E-state index in [1.165, 1.54) is 6.07 Å². The van der Waals surface area contributed by atoms with Crippen molar-refractivity contribution in [3.8, 4) is 12.3 Å². The molecule has 1 saturated heterocycles. The van der Waals surface area contributed by atoms with Gasteiger partial charge in [0.1, 0.15) is 11.4 Å². The molecule has 0 radical (unpaired) electrons. The topological polar surface area (TPSA) is 35.9 Å². The molecule has 4 nitrogen and oxygen atoms in total. The van der Waals surface area contributed by atoms with E-state index in [9.17, 15) is 9.50 Å². The second-order valence-electron chi connectivity index (χ2n) is 6.36. The number of rotatable bonds is 6. The molecule has 1 N–H and O–H groups in total. The second-order valence-corrected chi connectivity index (χ2v) is 6.36. The number of anilines is 1. The molecule has 1 aromatic carbocycles. The van der Waals surface area contributed by atoms with Crippen LogP contribution in [-0.2, 0) is 4.74 Å². The standard InChI is InChI=1S/C18H25FN2O2.2ClH/c1-4-18(2,3)23-14-15(22)13-20-9-11-21(12-10-20)17-8-6-5-7-16(17)19;;/h1,5-8,15,22H,9-14H2,2-3H3;2*1H. The highest BCUT2D eigenvalue weighted by Crippen LogP contribution is 2.20. The van der Waals surface area contributed by atoms with E-state index in [1.54, 1.807) is 26.0 Å². The lowest BCUT2D eigenvalue weighted by molar-refractivity contribution is -0.0376. The molecule has 1 fully saturated rings. The Kier molecular flexibility index (Phi) is 10.4.